The number of carbonyl (C=O) groups is 1. The van der Waals surface area contributed by atoms with E-state index >= 15 is 0 Å². The van der Waals surface area contributed by atoms with Gasteiger partial charge in [0.2, 0.25) is 0 Å². The molecule has 0 aliphatic heterocycles. The molecule has 0 radical (unpaired) electrons. The lowest BCUT2D eigenvalue weighted by molar-refractivity contribution is 0.0697. The number of unbranched alkanes of at least 4 members (excludes halogenated alkanes) is 1. The van der Waals surface area contributed by atoms with Crippen LogP contribution in [0.5, 0.6) is 5.75 Å². The summed E-state index contributed by atoms with van der Waals surface area (Å²) in [5.41, 5.74) is 2.25. The quantitative estimate of drug-likeness (QED) is 0.311. The monoisotopic (exact) mass is 478 g/mol. The zero-order valence-electron chi connectivity index (χ0n) is 17.9. The van der Waals surface area contributed by atoms with Gasteiger partial charge in [0.1, 0.15) is 5.75 Å². The van der Waals surface area contributed by atoms with Gasteiger partial charge in [-0.25, -0.2) is 4.79 Å². The maximum atomic E-state index is 11.0. The van der Waals surface area contributed by atoms with Gasteiger partial charge in [-0.1, -0.05) is 39.0 Å². The van der Waals surface area contributed by atoms with Crippen LogP contribution in [0.4, 0.5) is 0 Å². The van der Waals surface area contributed by atoms with Gasteiger partial charge < -0.3 is 14.3 Å². The van der Waals surface area contributed by atoms with Crippen LogP contribution in [0.3, 0.4) is 0 Å². The summed E-state index contributed by atoms with van der Waals surface area (Å²) < 4.78 is 13.0. The minimum absolute atomic E-state index is 0.240. The van der Waals surface area contributed by atoms with E-state index in [0.717, 1.165) is 40.8 Å². The molecule has 1 N–H and O–H groups in total. The van der Waals surface area contributed by atoms with E-state index < -0.39 is 14.3 Å². The van der Waals surface area contributed by atoms with Crippen LogP contribution < -0.4 is 4.74 Å². The fourth-order valence-corrected chi connectivity index (χ4v) is 4.11. The van der Waals surface area contributed by atoms with Gasteiger partial charge in [-0.05, 0) is 82.3 Å². The van der Waals surface area contributed by atoms with E-state index in [1.807, 2.05) is 30.3 Å². The molecule has 4 nitrogen and oxygen atoms in total. The van der Waals surface area contributed by atoms with E-state index in [0.29, 0.717) is 6.61 Å². The SMILES string of the molecule is CC(C)(C)[Si](C)(C)OCCCCOc1ccc(-c2ccc(C(=O)O)cc2)cc1Br. The maximum Gasteiger partial charge on any atom is 0.335 e. The Morgan fingerprint density at radius 3 is 2.14 bits per heavy atom. The Hall–Kier alpha value is -1.63. The second-order valence-corrected chi connectivity index (χ2v) is 14.4. The van der Waals surface area contributed by atoms with Crippen molar-refractivity contribution in [2.75, 3.05) is 13.2 Å². The average molecular weight is 479 g/mol. The highest BCUT2D eigenvalue weighted by molar-refractivity contribution is 9.10. The molecule has 0 aliphatic rings. The van der Waals surface area contributed by atoms with Gasteiger partial charge in [0.25, 0.3) is 0 Å². The van der Waals surface area contributed by atoms with E-state index in [9.17, 15) is 4.79 Å². The molecule has 2 aromatic carbocycles. The highest BCUT2D eigenvalue weighted by Crippen LogP contribution is 2.36. The number of carboxylic acid groups (broad SMARTS) is 1. The summed E-state index contributed by atoms with van der Waals surface area (Å²) in [6.07, 6.45) is 1.93. The lowest BCUT2D eigenvalue weighted by atomic mass is 10.0. The smallest absolute Gasteiger partial charge is 0.335 e. The third-order valence-electron chi connectivity index (χ3n) is 5.46. The highest BCUT2D eigenvalue weighted by Gasteiger charge is 2.36. The summed E-state index contributed by atoms with van der Waals surface area (Å²) in [6.45, 7) is 12.7. The standard InChI is InChI=1S/C23H31BrO4Si/c1-23(2,3)29(4,5)28-15-7-6-14-27-21-13-12-19(16-20(21)24)17-8-10-18(11-9-17)22(25)26/h8-13,16H,6-7,14-15H2,1-5H3,(H,25,26). The van der Waals surface area contributed by atoms with Gasteiger partial charge >= 0.3 is 5.97 Å². The van der Waals surface area contributed by atoms with Crippen molar-refractivity contribution in [1.82, 2.24) is 0 Å². The second-order valence-electron chi connectivity index (χ2n) is 8.69. The van der Waals surface area contributed by atoms with E-state index in [1.54, 1.807) is 12.1 Å². The van der Waals surface area contributed by atoms with E-state index in [1.165, 1.54) is 0 Å². The first-order chi connectivity index (χ1) is 13.5. The first-order valence-corrected chi connectivity index (χ1v) is 13.6. The molecule has 0 aromatic heterocycles. The molecule has 2 rings (SSSR count). The van der Waals surface area contributed by atoms with Gasteiger partial charge in [0.15, 0.2) is 8.32 Å². The zero-order chi connectivity index (χ0) is 21.7. The molecule has 0 unspecified atom stereocenters. The van der Waals surface area contributed by atoms with Crippen LogP contribution in [0.15, 0.2) is 46.9 Å². The number of carboxylic acids is 1. The van der Waals surface area contributed by atoms with Crippen molar-refractivity contribution in [3.8, 4) is 16.9 Å². The van der Waals surface area contributed by atoms with Crippen LogP contribution in [-0.2, 0) is 4.43 Å². The van der Waals surface area contributed by atoms with Crippen LogP contribution in [0.1, 0.15) is 44.0 Å². The molecule has 0 atom stereocenters. The molecule has 29 heavy (non-hydrogen) atoms. The summed E-state index contributed by atoms with van der Waals surface area (Å²) in [6, 6.07) is 12.8. The predicted molar refractivity (Wildman–Crippen MR) is 124 cm³/mol. The van der Waals surface area contributed by atoms with Crippen molar-refractivity contribution in [1.29, 1.82) is 0 Å². The third-order valence-corrected chi connectivity index (χ3v) is 10.6. The van der Waals surface area contributed by atoms with Crippen LogP contribution >= 0.6 is 15.9 Å². The molecule has 2 aromatic rings. The maximum absolute atomic E-state index is 11.0. The Bertz CT molecular complexity index is 826. The fraction of sp³-hybridized carbons (Fsp3) is 0.435. The molecule has 0 amide bonds. The summed E-state index contributed by atoms with van der Waals surface area (Å²) in [7, 11) is -1.67. The normalized spacial score (nSPS) is 12.1. The van der Waals surface area contributed by atoms with Crippen LogP contribution in [0.2, 0.25) is 18.1 Å². The summed E-state index contributed by atoms with van der Waals surface area (Å²) in [4.78, 5) is 11.0. The van der Waals surface area contributed by atoms with Crippen LogP contribution in [0.25, 0.3) is 11.1 Å². The summed E-state index contributed by atoms with van der Waals surface area (Å²) in [5, 5.41) is 9.25. The van der Waals surface area contributed by atoms with Gasteiger partial charge in [0, 0.05) is 6.61 Å². The van der Waals surface area contributed by atoms with Crippen molar-refractivity contribution in [3.05, 3.63) is 52.5 Å². The number of hydrogen-bond donors (Lipinski definition) is 1. The van der Waals surface area contributed by atoms with Crippen molar-refractivity contribution in [3.63, 3.8) is 0 Å². The Morgan fingerprint density at radius 2 is 1.59 bits per heavy atom. The lowest BCUT2D eigenvalue weighted by Gasteiger charge is -2.36. The molecule has 0 fully saturated rings. The number of rotatable bonds is 9. The number of benzene rings is 2. The van der Waals surface area contributed by atoms with Crippen LogP contribution in [-0.4, -0.2) is 32.6 Å². The summed E-state index contributed by atoms with van der Waals surface area (Å²) >= 11 is 3.57. The molecular weight excluding hydrogens is 448 g/mol. The molecule has 0 saturated heterocycles. The Morgan fingerprint density at radius 1 is 1.00 bits per heavy atom. The largest absolute Gasteiger partial charge is 0.492 e. The average Bonchev–Trinajstić information content (AvgIpc) is 2.64. The van der Waals surface area contributed by atoms with Crippen molar-refractivity contribution < 1.29 is 19.1 Å². The molecule has 0 bridgehead atoms. The Labute approximate surface area is 183 Å². The Kier molecular flexibility index (Phi) is 8.08. The summed E-state index contributed by atoms with van der Waals surface area (Å²) in [5.74, 6) is -0.114. The van der Waals surface area contributed by atoms with E-state index in [4.69, 9.17) is 14.3 Å². The van der Waals surface area contributed by atoms with Crippen molar-refractivity contribution in [2.45, 2.75) is 51.7 Å². The number of aromatic carboxylic acids is 1. The van der Waals surface area contributed by atoms with Crippen molar-refractivity contribution >= 4 is 30.2 Å². The topological polar surface area (TPSA) is 55.8 Å². The molecule has 0 heterocycles. The first-order valence-electron chi connectivity index (χ1n) is 9.91. The molecular formula is C23H31BrO4Si. The van der Waals surface area contributed by atoms with E-state index in [-0.39, 0.29) is 10.6 Å². The zero-order valence-corrected chi connectivity index (χ0v) is 20.5. The number of halogens is 1. The van der Waals surface area contributed by atoms with Gasteiger partial charge in [0.05, 0.1) is 16.6 Å². The molecule has 0 saturated carbocycles. The molecule has 158 valence electrons. The van der Waals surface area contributed by atoms with Gasteiger partial charge in [-0.2, -0.15) is 0 Å². The van der Waals surface area contributed by atoms with Gasteiger partial charge in [-0.3, -0.25) is 0 Å². The van der Waals surface area contributed by atoms with Gasteiger partial charge in [-0.15, -0.1) is 0 Å². The first kappa shape index (κ1) is 23.6. The molecule has 0 aliphatic carbocycles. The lowest BCUT2D eigenvalue weighted by Crippen LogP contribution is -2.41. The Balaban J connectivity index is 1.83. The number of ether oxygens (including phenoxy) is 1. The van der Waals surface area contributed by atoms with Crippen molar-refractivity contribution in [2.24, 2.45) is 0 Å². The molecule has 0 spiro atoms. The second kappa shape index (κ2) is 9.91. The highest BCUT2D eigenvalue weighted by atomic mass is 79.9. The predicted octanol–water partition coefficient (Wildman–Crippen LogP) is 7.00. The minimum Gasteiger partial charge on any atom is -0.492 e. The number of hydrogen-bond acceptors (Lipinski definition) is 3. The van der Waals surface area contributed by atoms with Crippen LogP contribution in [0, 0.1) is 0 Å². The van der Waals surface area contributed by atoms with E-state index in [2.05, 4.69) is 49.8 Å². The molecule has 6 heteroatoms. The minimum atomic E-state index is -1.67. The third kappa shape index (κ3) is 6.69. The fourth-order valence-electron chi connectivity index (χ4n) is 2.53.